The number of anilines is 1. The number of pyridine rings is 1. The van der Waals surface area contributed by atoms with Crippen molar-refractivity contribution >= 4 is 28.6 Å². The Balaban J connectivity index is 1.35. The molecule has 3 heterocycles. The van der Waals surface area contributed by atoms with Crippen molar-refractivity contribution in [2.45, 2.75) is 25.9 Å². The molecule has 1 aliphatic rings. The maximum Gasteiger partial charge on any atom is 0.338 e. The number of ether oxygens (including phenoxy) is 1. The van der Waals surface area contributed by atoms with Crippen molar-refractivity contribution in [3.05, 3.63) is 78.1 Å². The molecule has 0 saturated carbocycles. The van der Waals surface area contributed by atoms with Crippen LogP contribution >= 0.6 is 0 Å². The van der Waals surface area contributed by atoms with Crippen molar-refractivity contribution in [1.82, 2.24) is 15.0 Å². The lowest BCUT2D eigenvalue weighted by molar-refractivity contribution is -0.127. The summed E-state index contributed by atoms with van der Waals surface area (Å²) in [4.78, 5) is 39.6. The van der Waals surface area contributed by atoms with E-state index in [2.05, 4.69) is 15.0 Å². The van der Waals surface area contributed by atoms with Crippen molar-refractivity contribution in [2.75, 3.05) is 11.4 Å². The summed E-state index contributed by atoms with van der Waals surface area (Å²) in [6, 6.07) is 16.7. The molecule has 5 rings (SSSR count). The normalized spacial score (nSPS) is 13.7. The van der Waals surface area contributed by atoms with Crippen molar-refractivity contribution in [3.63, 3.8) is 0 Å². The molecule has 160 valence electrons. The summed E-state index contributed by atoms with van der Waals surface area (Å²) in [6.07, 6.45) is 3.80. The molecule has 0 spiro atoms. The van der Waals surface area contributed by atoms with E-state index in [1.807, 2.05) is 43.3 Å². The molecule has 0 saturated heterocycles. The first-order valence-corrected chi connectivity index (χ1v) is 10.6. The second-order valence-corrected chi connectivity index (χ2v) is 7.73. The minimum absolute atomic E-state index is 0.188. The number of amides is 1. The minimum Gasteiger partial charge on any atom is -0.449 e. The summed E-state index contributed by atoms with van der Waals surface area (Å²) in [5.74, 6) is -0.0441. The van der Waals surface area contributed by atoms with Crippen molar-refractivity contribution in [1.29, 1.82) is 0 Å². The van der Waals surface area contributed by atoms with Gasteiger partial charge in [0.2, 0.25) is 0 Å². The molecular weight excluding hydrogens is 404 g/mol. The Morgan fingerprint density at radius 2 is 2.03 bits per heavy atom. The molecule has 1 amide bonds. The Hall–Kier alpha value is -4.00. The summed E-state index contributed by atoms with van der Waals surface area (Å²) >= 11 is 0. The van der Waals surface area contributed by atoms with Gasteiger partial charge in [0.25, 0.3) is 5.91 Å². The number of aromatic amines is 1. The van der Waals surface area contributed by atoms with Crippen molar-refractivity contribution < 1.29 is 14.3 Å². The molecule has 1 unspecified atom stereocenters. The summed E-state index contributed by atoms with van der Waals surface area (Å²) in [5, 5.41) is 0. The van der Waals surface area contributed by atoms with E-state index in [4.69, 9.17) is 4.74 Å². The Bertz CT molecular complexity index is 1300. The third-order valence-corrected chi connectivity index (χ3v) is 5.70. The van der Waals surface area contributed by atoms with Crippen LogP contribution in [0.1, 0.15) is 29.3 Å². The number of nitrogens with zero attached hydrogens (tertiary/aromatic N) is 3. The highest BCUT2D eigenvalue weighted by molar-refractivity contribution is 6.01. The number of nitrogens with one attached hydrogen (secondary N) is 1. The topological polar surface area (TPSA) is 88.2 Å². The molecule has 0 radical (unpaired) electrons. The molecule has 32 heavy (non-hydrogen) atoms. The van der Waals surface area contributed by atoms with Crippen LogP contribution in [0.5, 0.6) is 0 Å². The van der Waals surface area contributed by atoms with E-state index in [9.17, 15) is 9.59 Å². The number of benzene rings is 2. The molecule has 0 aliphatic carbocycles. The Morgan fingerprint density at radius 3 is 2.84 bits per heavy atom. The highest BCUT2D eigenvalue weighted by atomic mass is 16.5. The van der Waals surface area contributed by atoms with Gasteiger partial charge in [0.1, 0.15) is 5.82 Å². The molecule has 0 fully saturated rings. The zero-order chi connectivity index (χ0) is 22.1. The number of fused-ring (bicyclic) bond motifs is 2. The molecule has 7 nitrogen and oxygen atoms in total. The van der Waals surface area contributed by atoms with Gasteiger partial charge in [-0.25, -0.2) is 9.78 Å². The smallest absolute Gasteiger partial charge is 0.338 e. The average Bonchev–Trinajstić information content (AvgIpc) is 3.46. The van der Waals surface area contributed by atoms with Gasteiger partial charge in [-0.15, -0.1) is 0 Å². The lowest BCUT2D eigenvalue weighted by atomic mass is 10.1. The fourth-order valence-electron chi connectivity index (χ4n) is 4.02. The summed E-state index contributed by atoms with van der Waals surface area (Å²) in [6.45, 7) is 2.44. The Labute approximate surface area is 185 Å². The van der Waals surface area contributed by atoms with Gasteiger partial charge in [0.15, 0.2) is 6.10 Å². The molecule has 1 N–H and O–H groups in total. The summed E-state index contributed by atoms with van der Waals surface area (Å²) < 4.78 is 5.64. The van der Waals surface area contributed by atoms with E-state index in [0.29, 0.717) is 29.9 Å². The van der Waals surface area contributed by atoms with Crippen molar-refractivity contribution in [2.24, 2.45) is 0 Å². The SMILES string of the molecule is CCC(OC(=O)c1ccc2nc(-c3cccnc3)[nH]c2c1)C(=O)N1CCc2ccccc21. The highest BCUT2D eigenvalue weighted by Gasteiger charge is 2.31. The Kier molecular flexibility index (Phi) is 5.15. The van der Waals surface area contributed by atoms with Gasteiger partial charge in [-0.1, -0.05) is 25.1 Å². The van der Waals surface area contributed by atoms with Crippen molar-refractivity contribution in [3.8, 4) is 11.4 Å². The van der Waals surface area contributed by atoms with Crippen LogP contribution < -0.4 is 4.90 Å². The van der Waals surface area contributed by atoms with Gasteiger partial charge in [0, 0.05) is 30.2 Å². The van der Waals surface area contributed by atoms with E-state index >= 15 is 0 Å². The van der Waals surface area contributed by atoms with E-state index in [1.54, 1.807) is 35.5 Å². The first-order chi connectivity index (χ1) is 15.6. The van der Waals surface area contributed by atoms with Gasteiger partial charge in [-0.3, -0.25) is 9.78 Å². The number of esters is 1. The number of hydrogen-bond acceptors (Lipinski definition) is 5. The highest BCUT2D eigenvalue weighted by Crippen LogP contribution is 2.29. The molecule has 7 heteroatoms. The van der Waals surface area contributed by atoms with Crippen LogP contribution in [0.2, 0.25) is 0 Å². The fraction of sp³-hybridized carbons (Fsp3) is 0.200. The first kappa shape index (κ1) is 19.9. The van der Waals surface area contributed by atoms with Crippen LogP contribution in [0, 0.1) is 0 Å². The predicted molar refractivity (Wildman–Crippen MR) is 121 cm³/mol. The van der Waals surface area contributed by atoms with Crippen LogP contribution in [-0.4, -0.2) is 39.5 Å². The largest absolute Gasteiger partial charge is 0.449 e. The Morgan fingerprint density at radius 1 is 1.16 bits per heavy atom. The predicted octanol–water partition coefficient (Wildman–Crippen LogP) is 4.15. The van der Waals surface area contributed by atoms with Crippen LogP contribution in [0.25, 0.3) is 22.4 Å². The second kappa shape index (κ2) is 8.26. The third-order valence-electron chi connectivity index (χ3n) is 5.70. The number of imidazole rings is 1. The third kappa shape index (κ3) is 3.62. The zero-order valence-electron chi connectivity index (χ0n) is 17.6. The lowest BCUT2D eigenvalue weighted by Gasteiger charge is -2.23. The van der Waals surface area contributed by atoms with E-state index in [0.717, 1.165) is 28.8 Å². The molecule has 0 bridgehead atoms. The molecule has 1 atom stereocenters. The van der Waals surface area contributed by atoms with Gasteiger partial charge in [-0.2, -0.15) is 0 Å². The second-order valence-electron chi connectivity index (χ2n) is 7.73. The standard InChI is InChI=1S/C25H22N4O3/c1-2-22(24(30)29-13-11-16-6-3-4-8-21(16)29)32-25(31)17-9-10-19-20(14-17)28-23(27-19)18-7-5-12-26-15-18/h3-10,12,14-15,22H,2,11,13H2,1H3,(H,27,28). The van der Waals surface area contributed by atoms with Crippen LogP contribution in [0.4, 0.5) is 5.69 Å². The van der Waals surface area contributed by atoms with E-state index in [-0.39, 0.29) is 5.91 Å². The fourth-order valence-corrected chi connectivity index (χ4v) is 4.02. The summed E-state index contributed by atoms with van der Waals surface area (Å²) in [7, 11) is 0. The number of carbonyl (C=O) groups excluding carboxylic acids is 2. The monoisotopic (exact) mass is 426 g/mol. The number of rotatable bonds is 5. The minimum atomic E-state index is -0.836. The van der Waals surface area contributed by atoms with Gasteiger partial charge in [-0.05, 0) is 54.8 Å². The van der Waals surface area contributed by atoms with Gasteiger partial charge in [0.05, 0.1) is 16.6 Å². The molecule has 2 aromatic carbocycles. The number of aromatic nitrogens is 3. The first-order valence-electron chi connectivity index (χ1n) is 10.6. The number of para-hydroxylation sites is 1. The summed E-state index contributed by atoms with van der Waals surface area (Å²) in [5.41, 5.74) is 4.70. The van der Waals surface area contributed by atoms with Crippen LogP contribution in [-0.2, 0) is 16.0 Å². The molecule has 2 aromatic heterocycles. The number of carbonyl (C=O) groups is 2. The quantitative estimate of drug-likeness (QED) is 0.485. The average molecular weight is 426 g/mol. The molecule has 4 aromatic rings. The maximum absolute atomic E-state index is 13.1. The van der Waals surface area contributed by atoms with Crippen LogP contribution in [0.15, 0.2) is 67.0 Å². The number of hydrogen-bond donors (Lipinski definition) is 1. The van der Waals surface area contributed by atoms with Crippen LogP contribution in [0.3, 0.4) is 0 Å². The number of H-pyrrole nitrogens is 1. The van der Waals surface area contributed by atoms with Gasteiger partial charge < -0.3 is 14.6 Å². The molecular formula is C25H22N4O3. The zero-order valence-corrected chi connectivity index (χ0v) is 17.6. The van der Waals surface area contributed by atoms with E-state index < -0.39 is 12.1 Å². The van der Waals surface area contributed by atoms with E-state index in [1.165, 1.54) is 0 Å². The lowest BCUT2D eigenvalue weighted by Crippen LogP contribution is -2.40. The molecule has 1 aliphatic heterocycles. The van der Waals surface area contributed by atoms with Gasteiger partial charge >= 0.3 is 5.97 Å². The maximum atomic E-state index is 13.1.